The summed E-state index contributed by atoms with van der Waals surface area (Å²) in [6.07, 6.45) is 7.26. The highest BCUT2D eigenvalue weighted by atomic mass is 14.5. The van der Waals surface area contributed by atoms with Crippen LogP contribution < -0.4 is 5.73 Å². The zero-order chi connectivity index (χ0) is 6.97. The fraction of sp³-hybridized carbons (Fsp3) is 1.00. The summed E-state index contributed by atoms with van der Waals surface area (Å²) < 4.78 is 0. The van der Waals surface area contributed by atoms with E-state index >= 15 is 0 Å². The summed E-state index contributed by atoms with van der Waals surface area (Å²) in [5.41, 5.74) is 5.47. The van der Waals surface area contributed by atoms with Gasteiger partial charge in [0.05, 0.1) is 0 Å². The summed E-state index contributed by atoms with van der Waals surface area (Å²) in [7, 11) is 0. The summed E-state index contributed by atoms with van der Waals surface area (Å²) in [5.74, 6) is 3.38. The first kappa shape index (κ1) is 6.66. The van der Waals surface area contributed by atoms with Gasteiger partial charge in [-0.3, -0.25) is 0 Å². The highest BCUT2D eigenvalue weighted by Gasteiger charge is 2.46. The lowest BCUT2D eigenvalue weighted by Gasteiger charge is -2.09. The molecule has 2 N–H and O–H groups in total. The third kappa shape index (κ3) is 1.07. The highest BCUT2D eigenvalue weighted by molar-refractivity contribution is 4.97. The molecule has 0 bridgehead atoms. The summed E-state index contributed by atoms with van der Waals surface area (Å²) in [4.78, 5) is 0. The normalized spacial score (nSPS) is 43.5. The molecule has 0 aromatic heterocycles. The second-order valence-electron chi connectivity index (χ2n) is 3.93. The first-order valence-corrected chi connectivity index (χ1v) is 4.62. The van der Waals surface area contributed by atoms with Crippen LogP contribution in [-0.2, 0) is 0 Å². The average Bonchev–Trinajstić information content (AvgIpc) is 2.63. The topological polar surface area (TPSA) is 26.0 Å². The Morgan fingerprint density at radius 2 is 2.20 bits per heavy atom. The van der Waals surface area contributed by atoms with Gasteiger partial charge in [0.15, 0.2) is 0 Å². The molecule has 3 unspecified atom stereocenters. The zero-order valence-corrected chi connectivity index (χ0v) is 6.55. The lowest BCUT2D eigenvalue weighted by Crippen LogP contribution is -2.04. The van der Waals surface area contributed by atoms with Gasteiger partial charge in [-0.1, -0.05) is 0 Å². The van der Waals surface area contributed by atoms with E-state index < -0.39 is 0 Å². The molecule has 0 aliphatic heterocycles. The fourth-order valence-electron chi connectivity index (χ4n) is 2.56. The number of hydrogen-bond donors (Lipinski definition) is 1. The van der Waals surface area contributed by atoms with Crippen LogP contribution in [0, 0.1) is 17.8 Å². The van der Waals surface area contributed by atoms with Crippen LogP contribution in [0.4, 0.5) is 0 Å². The first-order chi connectivity index (χ1) is 4.92. The van der Waals surface area contributed by atoms with E-state index in [1.807, 2.05) is 0 Å². The van der Waals surface area contributed by atoms with Crippen molar-refractivity contribution in [3.63, 3.8) is 0 Å². The molecule has 1 nitrogen and oxygen atoms in total. The molecule has 2 aliphatic rings. The molecule has 0 spiro atoms. The van der Waals surface area contributed by atoms with E-state index in [1.165, 1.54) is 25.7 Å². The predicted molar refractivity (Wildman–Crippen MR) is 42.6 cm³/mol. The van der Waals surface area contributed by atoms with Crippen molar-refractivity contribution >= 4 is 0 Å². The first-order valence-electron chi connectivity index (χ1n) is 4.62. The molecule has 2 saturated carbocycles. The van der Waals surface area contributed by atoms with Gasteiger partial charge >= 0.3 is 0 Å². The number of hydrogen-bond acceptors (Lipinski definition) is 1. The van der Waals surface area contributed by atoms with Crippen molar-refractivity contribution in [2.75, 3.05) is 6.54 Å². The quantitative estimate of drug-likeness (QED) is 0.633. The minimum absolute atomic E-state index is 0.897. The molecule has 0 saturated heterocycles. The highest BCUT2D eigenvalue weighted by Crippen LogP contribution is 2.56. The monoisotopic (exact) mass is 139 g/mol. The minimum atomic E-state index is 0.897. The van der Waals surface area contributed by atoms with E-state index in [9.17, 15) is 0 Å². The summed E-state index contributed by atoms with van der Waals surface area (Å²) in [6, 6.07) is 0. The van der Waals surface area contributed by atoms with Crippen molar-refractivity contribution in [1.29, 1.82) is 0 Å². The second kappa shape index (κ2) is 2.54. The molecule has 0 aromatic rings. The molecule has 2 aliphatic carbocycles. The van der Waals surface area contributed by atoms with E-state index in [0.717, 1.165) is 24.3 Å². The average molecular weight is 139 g/mol. The Bertz CT molecular complexity index is 122. The van der Waals surface area contributed by atoms with Crippen LogP contribution in [0.25, 0.3) is 0 Å². The van der Waals surface area contributed by atoms with Gasteiger partial charge in [0.25, 0.3) is 0 Å². The molecule has 2 fully saturated rings. The summed E-state index contributed by atoms with van der Waals surface area (Å²) >= 11 is 0. The molecular weight excluding hydrogens is 122 g/mol. The van der Waals surface area contributed by atoms with Gasteiger partial charge in [-0.15, -0.1) is 0 Å². The number of nitrogens with two attached hydrogens (primary N) is 1. The van der Waals surface area contributed by atoms with Crippen molar-refractivity contribution in [3.8, 4) is 0 Å². The Hall–Kier alpha value is -0.0400. The maximum atomic E-state index is 5.47. The summed E-state index contributed by atoms with van der Waals surface area (Å²) in [5, 5.41) is 0. The van der Waals surface area contributed by atoms with Crippen LogP contribution in [0.1, 0.15) is 32.1 Å². The van der Waals surface area contributed by atoms with Crippen LogP contribution in [0.2, 0.25) is 0 Å². The van der Waals surface area contributed by atoms with Crippen molar-refractivity contribution in [2.45, 2.75) is 32.1 Å². The van der Waals surface area contributed by atoms with Crippen molar-refractivity contribution < 1.29 is 0 Å². The van der Waals surface area contributed by atoms with E-state index in [0.29, 0.717) is 0 Å². The largest absolute Gasteiger partial charge is 0.330 e. The minimum Gasteiger partial charge on any atom is -0.330 e. The Labute approximate surface area is 63.0 Å². The lowest BCUT2D eigenvalue weighted by atomic mass is 9.98. The molecule has 0 heterocycles. The molecule has 0 radical (unpaired) electrons. The van der Waals surface area contributed by atoms with Gasteiger partial charge < -0.3 is 5.73 Å². The molecule has 58 valence electrons. The fourth-order valence-corrected chi connectivity index (χ4v) is 2.56. The standard InChI is InChI=1S/C9H17N/c10-5-1-2-7-3-4-8-6-9(7)8/h7-9H,1-6,10H2. The lowest BCUT2D eigenvalue weighted by molar-refractivity contribution is 0.433. The van der Waals surface area contributed by atoms with Crippen LogP contribution in [-0.4, -0.2) is 6.54 Å². The van der Waals surface area contributed by atoms with E-state index in [2.05, 4.69) is 0 Å². The van der Waals surface area contributed by atoms with E-state index in [-0.39, 0.29) is 0 Å². The Morgan fingerprint density at radius 1 is 1.30 bits per heavy atom. The maximum Gasteiger partial charge on any atom is -0.00772 e. The third-order valence-corrected chi connectivity index (χ3v) is 3.27. The molecule has 0 aromatic carbocycles. The zero-order valence-electron chi connectivity index (χ0n) is 6.55. The Morgan fingerprint density at radius 3 is 2.70 bits per heavy atom. The number of rotatable bonds is 3. The molecule has 1 heteroatoms. The van der Waals surface area contributed by atoms with E-state index in [4.69, 9.17) is 5.73 Å². The van der Waals surface area contributed by atoms with Gasteiger partial charge in [0, 0.05) is 0 Å². The second-order valence-corrected chi connectivity index (χ2v) is 3.93. The van der Waals surface area contributed by atoms with Gasteiger partial charge in [-0.25, -0.2) is 0 Å². The van der Waals surface area contributed by atoms with Gasteiger partial charge in [0.1, 0.15) is 0 Å². The molecule has 0 amide bonds. The Kier molecular flexibility index (Phi) is 1.69. The van der Waals surface area contributed by atoms with Crippen molar-refractivity contribution in [3.05, 3.63) is 0 Å². The molecule has 3 atom stereocenters. The van der Waals surface area contributed by atoms with Gasteiger partial charge in [-0.05, 0) is 56.4 Å². The van der Waals surface area contributed by atoms with Crippen LogP contribution in [0.15, 0.2) is 0 Å². The SMILES string of the molecule is NCCCC1CCC2CC12. The van der Waals surface area contributed by atoms with Crippen LogP contribution >= 0.6 is 0 Å². The molecule has 2 rings (SSSR count). The van der Waals surface area contributed by atoms with E-state index in [1.54, 1.807) is 6.42 Å². The summed E-state index contributed by atoms with van der Waals surface area (Å²) in [6.45, 7) is 0.897. The number of fused-ring (bicyclic) bond motifs is 1. The van der Waals surface area contributed by atoms with Crippen LogP contribution in [0.5, 0.6) is 0 Å². The molecule has 10 heavy (non-hydrogen) atoms. The van der Waals surface area contributed by atoms with Gasteiger partial charge in [0.2, 0.25) is 0 Å². The van der Waals surface area contributed by atoms with Crippen molar-refractivity contribution in [1.82, 2.24) is 0 Å². The Balaban J connectivity index is 1.72. The van der Waals surface area contributed by atoms with Crippen molar-refractivity contribution in [2.24, 2.45) is 23.5 Å². The van der Waals surface area contributed by atoms with Gasteiger partial charge in [-0.2, -0.15) is 0 Å². The maximum absolute atomic E-state index is 5.47. The predicted octanol–water partition coefficient (Wildman–Crippen LogP) is 1.77. The smallest absolute Gasteiger partial charge is 0.00772 e. The third-order valence-electron chi connectivity index (χ3n) is 3.27. The van der Waals surface area contributed by atoms with Crippen LogP contribution in [0.3, 0.4) is 0 Å². The molecular formula is C9H17N.